The van der Waals surface area contributed by atoms with Gasteiger partial charge in [-0.25, -0.2) is 0 Å². The Hall–Kier alpha value is -2.28. The van der Waals surface area contributed by atoms with Crippen LogP contribution in [0, 0.1) is 23.7 Å². The van der Waals surface area contributed by atoms with Gasteiger partial charge in [-0.2, -0.15) is 0 Å². The van der Waals surface area contributed by atoms with E-state index in [0.29, 0.717) is 0 Å². The number of aliphatic hydroxyl groups excluding tert-OH is 4. The maximum Gasteiger partial charge on any atom is 0.306 e. The van der Waals surface area contributed by atoms with Crippen LogP contribution in [0.4, 0.5) is 0 Å². The molecular formula is C36H74O12. The first-order valence-electron chi connectivity index (χ1n) is 18.1. The molecule has 0 bridgehead atoms. The summed E-state index contributed by atoms with van der Waals surface area (Å²) in [4.78, 5) is 41.7. The Labute approximate surface area is 291 Å². The van der Waals surface area contributed by atoms with E-state index < -0.39 is 49.3 Å². The quantitative estimate of drug-likeness (QED) is 0.0548. The molecule has 6 unspecified atom stereocenters. The summed E-state index contributed by atoms with van der Waals surface area (Å²) in [7, 11) is 0. The average Bonchev–Trinajstić information content (AvgIpc) is 3.06. The normalized spacial score (nSPS) is 13.8. The number of aliphatic hydroxyl groups is 4. The third kappa shape index (κ3) is 38.2. The van der Waals surface area contributed by atoms with Gasteiger partial charge in [0.2, 0.25) is 0 Å². The van der Waals surface area contributed by atoms with E-state index in [1.807, 2.05) is 27.7 Å². The molecule has 0 radical (unpaired) electrons. The second kappa shape index (κ2) is 40.9. The fourth-order valence-corrected chi connectivity index (χ4v) is 4.05. The third-order valence-electron chi connectivity index (χ3n) is 7.81. The van der Waals surface area contributed by atoms with Crippen LogP contribution in [0.25, 0.3) is 0 Å². The van der Waals surface area contributed by atoms with Gasteiger partial charge in [-0.1, -0.05) is 107 Å². The molecule has 6 atom stereocenters. The highest BCUT2D eigenvalue weighted by Gasteiger charge is 2.15. The summed E-state index contributed by atoms with van der Waals surface area (Å²) in [6.07, 6.45) is 12.4. The molecule has 0 aliphatic carbocycles. The molecule has 0 aromatic rings. The monoisotopic (exact) mass is 699 g/mol. The molecule has 12 heteroatoms. The fourth-order valence-electron chi connectivity index (χ4n) is 4.05. The van der Waals surface area contributed by atoms with Gasteiger partial charge < -0.3 is 40.9 Å². The summed E-state index contributed by atoms with van der Waals surface area (Å²) in [5.74, 6) is -3.02. The van der Waals surface area contributed by atoms with Gasteiger partial charge in [-0.3, -0.25) is 19.2 Å². The lowest BCUT2D eigenvalue weighted by molar-refractivity contribution is -0.143. The van der Waals surface area contributed by atoms with Gasteiger partial charge in [0, 0.05) is 0 Å². The minimum absolute atomic E-state index is 0.111. The Kier molecular flexibility index (Phi) is 47.0. The van der Waals surface area contributed by atoms with E-state index in [4.69, 9.17) is 40.9 Å². The van der Waals surface area contributed by atoms with Gasteiger partial charge in [-0.05, 0) is 51.4 Å². The number of hydrogen-bond donors (Lipinski definition) is 8. The molecule has 0 amide bonds. The van der Waals surface area contributed by atoms with Gasteiger partial charge in [-0.15, -0.1) is 0 Å². The Morgan fingerprint density at radius 3 is 0.646 bits per heavy atom. The van der Waals surface area contributed by atoms with Gasteiger partial charge in [0.25, 0.3) is 0 Å². The topological polar surface area (TPSA) is 230 Å². The van der Waals surface area contributed by atoms with Crippen LogP contribution in [0.1, 0.15) is 158 Å². The van der Waals surface area contributed by atoms with E-state index in [0.717, 1.165) is 103 Å². The first-order chi connectivity index (χ1) is 22.6. The van der Waals surface area contributed by atoms with Crippen LogP contribution in [0.3, 0.4) is 0 Å². The van der Waals surface area contributed by atoms with Crippen LogP contribution >= 0.6 is 0 Å². The maximum atomic E-state index is 10.4. The van der Waals surface area contributed by atoms with Crippen LogP contribution in [0.5, 0.6) is 0 Å². The standard InChI is InChI=1S/4C8H16O2.C4H10O4/c4*1-3-5-6-7(4-2)8(9)10;5-1-3(7)4(8)2-6/h4*7H,3-6H2,1-2H3,(H,9,10);3-8H,1-2H2. The van der Waals surface area contributed by atoms with Crippen molar-refractivity contribution < 1.29 is 60.0 Å². The molecule has 0 spiro atoms. The molecule has 0 heterocycles. The molecule has 290 valence electrons. The zero-order valence-corrected chi connectivity index (χ0v) is 31.4. The molecule has 12 nitrogen and oxygen atoms in total. The molecule has 48 heavy (non-hydrogen) atoms. The highest BCUT2D eigenvalue weighted by atomic mass is 16.4. The van der Waals surface area contributed by atoms with Crippen molar-refractivity contribution in [3.05, 3.63) is 0 Å². The van der Waals surface area contributed by atoms with Crippen LogP contribution in [-0.4, -0.2) is 90.2 Å². The largest absolute Gasteiger partial charge is 0.481 e. The number of unbranched alkanes of at least 4 members (excludes halogenated alkanes) is 4. The van der Waals surface area contributed by atoms with E-state index in [9.17, 15) is 19.2 Å². The molecule has 0 fully saturated rings. The van der Waals surface area contributed by atoms with Gasteiger partial charge in [0.05, 0.1) is 36.9 Å². The van der Waals surface area contributed by atoms with E-state index in [2.05, 4.69) is 27.7 Å². The number of hydrogen-bond acceptors (Lipinski definition) is 8. The third-order valence-corrected chi connectivity index (χ3v) is 7.81. The van der Waals surface area contributed by atoms with Crippen LogP contribution in [-0.2, 0) is 19.2 Å². The van der Waals surface area contributed by atoms with E-state index >= 15 is 0 Å². The van der Waals surface area contributed by atoms with Gasteiger partial charge in [0.1, 0.15) is 12.2 Å². The summed E-state index contributed by atoms with van der Waals surface area (Å²) in [5, 5.41) is 67.6. The van der Waals surface area contributed by atoms with Crippen molar-refractivity contribution in [2.45, 2.75) is 170 Å². The summed E-state index contributed by atoms with van der Waals surface area (Å²) in [6.45, 7) is 15.0. The molecule has 0 aromatic heterocycles. The zero-order valence-electron chi connectivity index (χ0n) is 31.4. The van der Waals surface area contributed by atoms with Crippen molar-refractivity contribution in [3.63, 3.8) is 0 Å². The van der Waals surface area contributed by atoms with Crippen molar-refractivity contribution in [1.82, 2.24) is 0 Å². The van der Waals surface area contributed by atoms with Crippen molar-refractivity contribution >= 4 is 23.9 Å². The first kappa shape index (κ1) is 55.1. The highest BCUT2D eigenvalue weighted by molar-refractivity contribution is 5.70. The number of aliphatic carboxylic acids is 4. The smallest absolute Gasteiger partial charge is 0.306 e. The Morgan fingerprint density at radius 2 is 0.562 bits per heavy atom. The zero-order chi connectivity index (χ0) is 38.5. The molecular weight excluding hydrogens is 624 g/mol. The predicted octanol–water partition coefficient (Wildman–Crippen LogP) is 6.84. The highest BCUT2D eigenvalue weighted by Crippen LogP contribution is 2.14. The lowest BCUT2D eigenvalue weighted by Crippen LogP contribution is -2.31. The van der Waals surface area contributed by atoms with Crippen LogP contribution in [0.2, 0.25) is 0 Å². The van der Waals surface area contributed by atoms with Crippen molar-refractivity contribution in [1.29, 1.82) is 0 Å². The lowest BCUT2D eigenvalue weighted by atomic mass is 10.00. The van der Waals surface area contributed by atoms with Crippen molar-refractivity contribution in [2.24, 2.45) is 23.7 Å². The molecule has 8 N–H and O–H groups in total. The Balaban J connectivity index is -0.000000161. The number of rotatable bonds is 23. The summed E-state index contributed by atoms with van der Waals surface area (Å²) < 4.78 is 0. The number of carboxylic acids is 4. The Bertz CT molecular complexity index is 620. The van der Waals surface area contributed by atoms with E-state index in [-0.39, 0.29) is 23.7 Å². The number of carbonyl (C=O) groups is 4. The van der Waals surface area contributed by atoms with Crippen molar-refractivity contribution in [2.75, 3.05) is 13.2 Å². The first-order valence-corrected chi connectivity index (χ1v) is 18.1. The van der Waals surface area contributed by atoms with E-state index in [1.165, 1.54) is 0 Å². The number of carboxylic acid groups (broad SMARTS) is 4. The molecule has 0 aromatic carbocycles. The van der Waals surface area contributed by atoms with Crippen LogP contribution in [0.15, 0.2) is 0 Å². The molecule has 0 aliphatic heterocycles. The van der Waals surface area contributed by atoms with Gasteiger partial charge >= 0.3 is 23.9 Å². The SMILES string of the molecule is CCCCC(CC)C(=O)O.CCCCC(CC)C(=O)O.CCCCC(CC)C(=O)O.CCCCC(CC)C(=O)O.OCC(O)C(O)CO. The Morgan fingerprint density at radius 1 is 0.396 bits per heavy atom. The molecule has 0 saturated carbocycles. The van der Waals surface area contributed by atoms with Crippen molar-refractivity contribution in [3.8, 4) is 0 Å². The minimum atomic E-state index is -1.22. The minimum Gasteiger partial charge on any atom is -0.481 e. The summed E-state index contributed by atoms with van der Waals surface area (Å²) in [5.41, 5.74) is 0. The fraction of sp³-hybridized carbons (Fsp3) is 0.889. The second-order valence-electron chi connectivity index (χ2n) is 11.8. The average molecular weight is 699 g/mol. The predicted molar refractivity (Wildman–Crippen MR) is 190 cm³/mol. The maximum absolute atomic E-state index is 10.4. The van der Waals surface area contributed by atoms with Gasteiger partial charge in [0.15, 0.2) is 0 Å². The summed E-state index contributed by atoms with van der Waals surface area (Å²) in [6, 6.07) is 0. The van der Waals surface area contributed by atoms with Crippen LogP contribution < -0.4 is 0 Å². The van der Waals surface area contributed by atoms with E-state index in [1.54, 1.807) is 0 Å². The second-order valence-corrected chi connectivity index (χ2v) is 11.8. The molecule has 0 aliphatic rings. The molecule has 0 saturated heterocycles. The lowest BCUT2D eigenvalue weighted by Gasteiger charge is -2.10. The molecule has 0 rings (SSSR count). The summed E-state index contributed by atoms with van der Waals surface area (Å²) >= 11 is 0.